The molecule has 170 valence electrons. The normalized spacial score (nSPS) is 17.9. The number of likely N-dealkylation sites (tertiary alicyclic amines) is 1. The fourth-order valence-electron chi connectivity index (χ4n) is 3.95. The van der Waals surface area contributed by atoms with Crippen LogP contribution in [0.3, 0.4) is 0 Å². The minimum absolute atomic E-state index is 0.108. The van der Waals surface area contributed by atoms with Crippen LogP contribution in [0.25, 0.3) is 5.76 Å². The minimum Gasteiger partial charge on any atom is -0.507 e. The Morgan fingerprint density at radius 3 is 2.38 bits per heavy atom. The molecule has 3 rings (SSSR count). The Kier molecular flexibility index (Phi) is 8.10. The van der Waals surface area contributed by atoms with Crippen molar-refractivity contribution in [3.63, 3.8) is 0 Å². The van der Waals surface area contributed by atoms with Gasteiger partial charge < -0.3 is 19.6 Å². The van der Waals surface area contributed by atoms with Crippen LogP contribution >= 0.6 is 15.9 Å². The molecule has 0 aliphatic carbocycles. The van der Waals surface area contributed by atoms with E-state index in [-0.39, 0.29) is 11.3 Å². The largest absolute Gasteiger partial charge is 0.507 e. The highest BCUT2D eigenvalue weighted by molar-refractivity contribution is 9.10. The van der Waals surface area contributed by atoms with Crippen LogP contribution in [-0.2, 0) is 9.59 Å². The number of amides is 1. The van der Waals surface area contributed by atoms with Gasteiger partial charge in [0.15, 0.2) is 0 Å². The number of aliphatic hydroxyl groups excluding tert-OH is 1. The number of likely N-dealkylation sites (N-methyl/N-ethyl adjacent to an activating group) is 1. The maximum absolute atomic E-state index is 13.1. The van der Waals surface area contributed by atoms with Crippen LogP contribution in [0.15, 0.2) is 58.6 Å². The molecule has 0 radical (unpaired) electrons. The van der Waals surface area contributed by atoms with Gasteiger partial charge in [-0.15, -0.1) is 0 Å². The predicted molar refractivity (Wildman–Crippen MR) is 129 cm³/mol. The van der Waals surface area contributed by atoms with Crippen molar-refractivity contribution in [3.8, 4) is 5.75 Å². The molecule has 0 saturated carbocycles. The molecule has 7 heteroatoms. The van der Waals surface area contributed by atoms with Crippen LogP contribution in [0.5, 0.6) is 5.75 Å². The lowest BCUT2D eigenvalue weighted by molar-refractivity contribution is -0.140. The number of carbonyl (C=O) groups is 2. The van der Waals surface area contributed by atoms with E-state index in [9.17, 15) is 14.7 Å². The van der Waals surface area contributed by atoms with Crippen LogP contribution in [0.4, 0.5) is 0 Å². The molecule has 0 spiro atoms. The van der Waals surface area contributed by atoms with Crippen molar-refractivity contribution in [3.05, 3.63) is 69.7 Å². The number of halogens is 1. The van der Waals surface area contributed by atoms with Gasteiger partial charge in [-0.2, -0.15) is 0 Å². The molecule has 0 aromatic heterocycles. The van der Waals surface area contributed by atoms with Gasteiger partial charge in [0.2, 0.25) is 0 Å². The van der Waals surface area contributed by atoms with E-state index < -0.39 is 17.7 Å². The zero-order chi connectivity index (χ0) is 23.3. The number of hydrogen-bond acceptors (Lipinski definition) is 5. The monoisotopic (exact) mass is 500 g/mol. The van der Waals surface area contributed by atoms with Crippen LogP contribution in [-0.4, -0.2) is 59.4 Å². The average Bonchev–Trinajstić information content (AvgIpc) is 3.05. The lowest BCUT2D eigenvalue weighted by Crippen LogP contribution is -2.38. The van der Waals surface area contributed by atoms with Crippen LogP contribution in [0.2, 0.25) is 0 Å². The number of benzene rings is 2. The summed E-state index contributed by atoms with van der Waals surface area (Å²) in [6.45, 7) is 9.31. The van der Waals surface area contributed by atoms with E-state index >= 15 is 0 Å². The molecular weight excluding hydrogens is 472 g/mol. The fraction of sp³-hybridized carbons (Fsp3) is 0.360. The lowest BCUT2D eigenvalue weighted by Gasteiger charge is -2.28. The Morgan fingerprint density at radius 2 is 1.78 bits per heavy atom. The Hall–Kier alpha value is -2.64. The van der Waals surface area contributed by atoms with Crippen LogP contribution < -0.4 is 4.74 Å². The first-order chi connectivity index (χ1) is 15.4. The molecular formula is C25H29BrN2O4. The van der Waals surface area contributed by atoms with E-state index in [1.165, 1.54) is 0 Å². The Balaban J connectivity index is 2.06. The summed E-state index contributed by atoms with van der Waals surface area (Å²) in [5.41, 5.74) is 1.35. The second-order valence-corrected chi connectivity index (χ2v) is 8.45. The number of rotatable bonds is 9. The molecule has 0 bridgehead atoms. The Labute approximate surface area is 197 Å². The summed E-state index contributed by atoms with van der Waals surface area (Å²) < 4.78 is 6.30. The Bertz CT molecular complexity index is 999. The van der Waals surface area contributed by atoms with Crippen molar-refractivity contribution in [2.45, 2.75) is 26.8 Å². The highest BCUT2D eigenvalue weighted by Crippen LogP contribution is 2.40. The number of Topliss-reactive ketones (excluding diaryl/α,β-unsaturated/α-hetero) is 1. The van der Waals surface area contributed by atoms with Crippen LogP contribution in [0, 0.1) is 0 Å². The van der Waals surface area contributed by atoms with Crippen molar-refractivity contribution >= 4 is 33.4 Å². The van der Waals surface area contributed by atoms with E-state index in [1.54, 1.807) is 29.2 Å². The molecule has 1 N–H and O–H groups in total. The van der Waals surface area contributed by atoms with Gasteiger partial charge in [0.05, 0.1) is 18.2 Å². The molecule has 1 aliphatic heterocycles. The standard InChI is InChI=1S/C25H29BrN2O4/c1-4-27(5-2)14-15-28-22(18-8-7-9-19(26)16-18)21(24(30)25(28)31)23(29)17-10-12-20(13-11-17)32-6-3/h7-13,16,22,29H,4-6,14-15H2,1-3H3/b23-21-. The third-order valence-corrected chi connectivity index (χ3v) is 6.19. The van der Waals surface area contributed by atoms with Gasteiger partial charge in [-0.3, -0.25) is 9.59 Å². The molecule has 1 atom stereocenters. The summed E-state index contributed by atoms with van der Waals surface area (Å²) in [6, 6.07) is 13.7. The quantitative estimate of drug-likeness (QED) is 0.309. The summed E-state index contributed by atoms with van der Waals surface area (Å²) in [5.74, 6) is -0.760. The molecule has 1 amide bonds. The van der Waals surface area contributed by atoms with Crippen LogP contribution in [0.1, 0.15) is 37.9 Å². The molecule has 2 aromatic carbocycles. The number of nitrogens with zero attached hydrogens (tertiary/aromatic N) is 2. The maximum Gasteiger partial charge on any atom is 0.295 e. The highest BCUT2D eigenvalue weighted by atomic mass is 79.9. The summed E-state index contributed by atoms with van der Waals surface area (Å²) in [6.07, 6.45) is 0. The van der Waals surface area contributed by atoms with Gasteiger partial charge in [0.1, 0.15) is 11.5 Å². The summed E-state index contributed by atoms with van der Waals surface area (Å²) in [7, 11) is 0. The first-order valence-corrected chi connectivity index (χ1v) is 11.7. The van der Waals surface area contributed by atoms with Gasteiger partial charge in [-0.1, -0.05) is 41.9 Å². The summed E-state index contributed by atoms with van der Waals surface area (Å²) in [4.78, 5) is 29.9. The van der Waals surface area contributed by atoms with Gasteiger partial charge in [0, 0.05) is 23.1 Å². The van der Waals surface area contributed by atoms with E-state index in [0.717, 1.165) is 23.1 Å². The zero-order valence-corrected chi connectivity index (χ0v) is 20.3. The SMILES string of the molecule is CCOc1ccc(/C(O)=C2/C(=O)C(=O)N(CCN(CC)CC)C2c2cccc(Br)c2)cc1. The van der Waals surface area contributed by atoms with Crippen molar-refractivity contribution in [1.29, 1.82) is 0 Å². The second kappa shape index (κ2) is 10.8. The van der Waals surface area contributed by atoms with Gasteiger partial charge >= 0.3 is 0 Å². The fourth-order valence-corrected chi connectivity index (χ4v) is 4.37. The number of aliphatic hydroxyl groups is 1. The summed E-state index contributed by atoms with van der Waals surface area (Å²) in [5, 5.41) is 11.1. The van der Waals surface area contributed by atoms with Gasteiger partial charge in [0.25, 0.3) is 11.7 Å². The van der Waals surface area contributed by atoms with E-state index in [2.05, 4.69) is 34.7 Å². The first kappa shape index (κ1) is 24.0. The smallest absolute Gasteiger partial charge is 0.295 e. The van der Waals surface area contributed by atoms with Gasteiger partial charge in [-0.25, -0.2) is 0 Å². The van der Waals surface area contributed by atoms with Crippen molar-refractivity contribution in [2.24, 2.45) is 0 Å². The second-order valence-electron chi connectivity index (χ2n) is 7.53. The Morgan fingerprint density at radius 1 is 1.09 bits per heavy atom. The predicted octanol–water partition coefficient (Wildman–Crippen LogP) is 4.61. The van der Waals surface area contributed by atoms with Gasteiger partial charge in [-0.05, 0) is 62.0 Å². The highest BCUT2D eigenvalue weighted by Gasteiger charge is 2.46. The summed E-state index contributed by atoms with van der Waals surface area (Å²) >= 11 is 3.48. The number of ether oxygens (including phenoxy) is 1. The molecule has 2 aromatic rings. The third-order valence-electron chi connectivity index (χ3n) is 5.69. The number of hydrogen-bond donors (Lipinski definition) is 1. The van der Waals surface area contributed by atoms with Crippen molar-refractivity contribution in [1.82, 2.24) is 9.80 Å². The first-order valence-electron chi connectivity index (χ1n) is 10.9. The molecule has 1 saturated heterocycles. The maximum atomic E-state index is 13.1. The molecule has 1 unspecified atom stereocenters. The van der Waals surface area contributed by atoms with E-state index in [4.69, 9.17) is 4.74 Å². The molecule has 32 heavy (non-hydrogen) atoms. The van der Waals surface area contributed by atoms with Crippen molar-refractivity contribution in [2.75, 3.05) is 32.8 Å². The van der Waals surface area contributed by atoms with Crippen molar-refractivity contribution < 1.29 is 19.4 Å². The van der Waals surface area contributed by atoms with E-state index in [1.807, 2.05) is 31.2 Å². The van der Waals surface area contributed by atoms with E-state index in [0.29, 0.717) is 31.0 Å². The lowest BCUT2D eigenvalue weighted by atomic mass is 9.95. The number of carbonyl (C=O) groups excluding carboxylic acids is 2. The number of ketones is 1. The zero-order valence-electron chi connectivity index (χ0n) is 18.7. The average molecular weight is 501 g/mol. The molecule has 1 fully saturated rings. The molecule has 1 heterocycles. The molecule has 1 aliphatic rings. The molecule has 6 nitrogen and oxygen atoms in total. The third kappa shape index (κ3) is 5.05. The topological polar surface area (TPSA) is 70.1 Å². The minimum atomic E-state index is -0.666.